The largest absolute Gasteiger partial charge is 0.366 e. The van der Waals surface area contributed by atoms with E-state index in [1.54, 1.807) is 29.8 Å². The van der Waals surface area contributed by atoms with Gasteiger partial charge in [0.15, 0.2) is 0 Å². The number of rotatable bonds is 3. The first-order valence-corrected chi connectivity index (χ1v) is 8.64. The zero-order valence-corrected chi connectivity index (χ0v) is 13.4. The number of nitrogens with one attached hydrogen (secondary N) is 2. The van der Waals surface area contributed by atoms with Crippen molar-refractivity contribution in [3.05, 3.63) is 41.8 Å². The van der Waals surface area contributed by atoms with E-state index in [0.717, 1.165) is 53.1 Å². The molecule has 1 aliphatic heterocycles. The number of benzene rings is 1. The molecule has 1 aliphatic rings. The highest BCUT2D eigenvalue weighted by atomic mass is 32.1. The lowest BCUT2D eigenvalue weighted by Crippen LogP contribution is -2.35. The van der Waals surface area contributed by atoms with Crippen LogP contribution in [0.3, 0.4) is 0 Å². The molecule has 0 radical (unpaired) electrons. The van der Waals surface area contributed by atoms with Gasteiger partial charge in [0.05, 0.1) is 10.2 Å². The molecule has 0 bridgehead atoms. The third kappa shape index (κ3) is 2.92. The van der Waals surface area contributed by atoms with Gasteiger partial charge in [0.2, 0.25) is 0 Å². The van der Waals surface area contributed by atoms with Crippen LogP contribution in [0.2, 0.25) is 0 Å². The van der Waals surface area contributed by atoms with Crippen molar-refractivity contribution in [1.29, 1.82) is 0 Å². The molecule has 2 N–H and O–H groups in total. The van der Waals surface area contributed by atoms with Gasteiger partial charge >= 0.3 is 0 Å². The minimum atomic E-state index is -0.232. The van der Waals surface area contributed by atoms with Gasteiger partial charge in [-0.15, -0.1) is 11.3 Å². The molecule has 1 saturated heterocycles. The molecule has 3 heterocycles. The van der Waals surface area contributed by atoms with Crippen molar-refractivity contribution in [3.63, 3.8) is 0 Å². The van der Waals surface area contributed by atoms with E-state index < -0.39 is 0 Å². The van der Waals surface area contributed by atoms with E-state index in [0.29, 0.717) is 6.04 Å². The van der Waals surface area contributed by atoms with Gasteiger partial charge in [0, 0.05) is 17.0 Å². The maximum atomic E-state index is 13.5. The second-order valence-corrected chi connectivity index (χ2v) is 6.61. The Morgan fingerprint density at radius 2 is 2.09 bits per heavy atom. The molecule has 4 rings (SSSR count). The number of halogens is 1. The molecule has 1 aromatic carbocycles. The number of thiophene rings is 1. The van der Waals surface area contributed by atoms with Crippen molar-refractivity contribution < 1.29 is 4.39 Å². The Bertz CT molecular complexity index is 826. The molecule has 0 saturated carbocycles. The van der Waals surface area contributed by atoms with Crippen LogP contribution in [0.15, 0.2) is 36.0 Å². The lowest BCUT2D eigenvalue weighted by atomic mass is 10.1. The van der Waals surface area contributed by atoms with E-state index in [2.05, 4.69) is 20.6 Å². The third-order valence-corrected chi connectivity index (χ3v) is 5.15. The minimum absolute atomic E-state index is 0.232. The van der Waals surface area contributed by atoms with E-state index in [1.807, 2.05) is 11.4 Å². The van der Waals surface area contributed by atoms with Crippen LogP contribution in [0.5, 0.6) is 0 Å². The van der Waals surface area contributed by atoms with E-state index in [1.165, 1.54) is 6.07 Å². The van der Waals surface area contributed by atoms with Gasteiger partial charge in [0.25, 0.3) is 0 Å². The molecule has 0 atom stereocenters. The first-order valence-electron chi connectivity index (χ1n) is 7.76. The average Bonchev–Trinajstić information content (AvgIpc) is 3.01. The molecule has 0 aliphatic carbocycles. The van der Waals surface area contributed by atoms with Crippen molar-refractivity contribution in [3.8, 4) is 11.1 Å². The summed E-state index contributed by atoms with van der Waals surface area (Å²) in [6.45, 7) is 2.07. The number of anilines is 1. The number of nitrogens with zero attached hydrogens (tertiary/aromatic N) is 2. The summed E-state index contributed by atoms with van der Waals surface area (Å²) in [6, 6.07) is 7.07. The Labute approximate surface area is 137 Å². The molecule has 6 heteroatoms. The zero-order chi connectivity index (χ0) is 15.6. The summed E-state index contributed by atoms with van der Waals surface area (Å²) in [5.74, 6) is 0.651. The van der Waals surface area contributed by atoms with Crippen LogP contribution < -0.4 is 10.6 Å². The highest BCUT2D eigenvalue weighted by Gasteiger charge is 2.17. The molecule has 0 amide bonds. The molecule has 1 fully saturated rings. The van der Waals surface area contributed by atoms with Crippen molar-refractivity contribution in [2.75, 3.05) is 18.4 Å². The third-order valence-electron chi connectivity index (χ3n) is 4.17. The Morgan fingerprint density at radius 1 is 1.22 bits per heavy atom. The molecule has 0 unspecified atom stereocenters. The topological polar surface area (TPSA) is 49.8 Å². The number of fused-ring (bicyclic) bond motifs is 1. The van der Waals surface area contributed by atoms with Gasteiger partial charge in [-0.25, -0.2) is 14.4 Å². The van der Waals surface area contributed by atoms with Crippen molar-refractivity contribution in [2.45, 2.75) is 18.9 Å². The predicted molar refractivity (Wildman–Crippen MR) is 92.3 cm³/mol. The monoisotopic (exact) mass is 328 g/mol. The van der Waals surface area contributed by atoms with Crippen LogP contribution in [0.4, 0.5) is 10.2 Å². The van der Waals surface area contributed by atoms with Gasteiger partial charge < -0.3 is 10.6 Å². The maximum Gasteiger partial charge on any atom is 0.147 e. The summed E-state index contributed by atoms with van der Waals surface area (Å²) in [4.78, 5) is 8.84. The fraction of sp³-hybridized carbons (Fsp3) is 0.294. The van der Waals surface area contributed by atoms with Crippen LogP contribution in [0.25, 0.3) is 21.3 Å². The van der Waals surface area contributed by atoms with E-state index in [-0.39, 0.29) is 5.82 Å². The quantitative estimate of drug-likeness (QED) is 0.770. The fourth-order valence-corrected chi connectivity index (χ4v) is 3.96. The smallest absolute Gasteiger partial charge is 0.147 e. The van der Waals surface area contributed by atoms with Crippen molar-refractivity contribution in [1.82, 2.24) is 15.3 Å². The number of piperidine rings is 1. The molecule has 23 heavy (non-hydrogen) atoms. The minimum Gasteiger partial charge on any atom is -0.366 e. The lowest BCUT2D eigenvalue weighted by Gasteiger charge is -2.24. The van der Waals surface area contributed by atoms with E-state index in [4.69, 9.17) is 0 Å². The van der Waals surface area contributed by atoms with Crippen molar-refractivity contribution in [2.24, 2.45) is 0 Å². The average molecular weight is 328 g/mol. The van der Waals surface area contributed by atoms with Gasteiger partial charge in [-0.3, -0.25) is 0 Å². The SMILES string of the molecule is Fc1cccc(-c2csc3c(NC4CCNCC4)ncnc23)c1. The summed E-state index contributed by atoms with van der Waals surface area (Å²) >= 11 is 1.60. The Hall–Kier alpha value is -2.05. The number of aromatic nitrogens is 2. The predicted octanol–water partition coefficient (Wildman–Crippen LogP) is 3.66. The molecule has 4 nitrogen and oxygen atoms in total. The number of hydrogen-bond donors (Lipinski definition) is 2. The normalized spacial score (nSPS) is 15.9. The van der Waals surface area contributed by atoms with Gasteiger partial charge in [-0.05, 0) is 43.6 Å². The highest BCUT2D eigenvalue weighted by molar-refractivity contribution is 7.18. The van der Waals surface area contributed by atoms with Crippen LogP contribution in [-0.2, 0) is 0 Å². The summed E-state index contributed by atoms with van der Waals surface area (Å²) in [5, 5.41) is 8.94. The van der Waals surface area contributed by atoms with E-state index >= 15 is 0 Å². The summed E-state index contributed by atoms with van der Waals surface area (Å²) in [7, 11) is 0. The van der Waals surface area contributed by atoms with Crippen LogP contribution >= 0.6 is 11.3 Å². The Morgan fingerprint density at radius 3 is 2.91 bits per heavy atom. The van der Waals surface area contributed by atoms with Crippen molar-refractivity contribution >= 4 is 27.4 Å². The summed E-state index contributed by atoms with van der Waals surface area (Å²) < 4.78 is 14.5. The Balaban J connectivity index is 1.71. The second-order valence-electron chi connectivity index (χ2n) is 5.73. The van der Waals surface area contributed by atoms with Crippen LogP contribution in [0.1, 0.15) is 12.8 Å². The molecule has 2 aromatic heterocycles. The molecule has 3 aromatic rings. The van der Waals surface area contributed by atoms with Gasteiger partial charge in [0.1, 0.15) is 18.0 Å². The first-order chi connectivity index (χ1) is 11.3. The second kappa shape index (κ2) is 6.22. The maximum absolute atomic E-state index is 13.5. The highest BCUT2D eigenvalue weighted by Crippen LogP contribution is 2.36. The Kier molecular flexibility index (Phi) is 3.93. The summed E-state index contributed by atoms with van der Waals surface area (Å²) in [6.07, 6.45) is 3.77. The fourth-order valence-electron chi connectivity index (χ4n) is 2.97. The van der Waals surface area contributed by atoms with Crippen LogP contribution in [-0.4, -0.2) is 29.1 Å². The molecular formula is C17H17FN4S. The first kappa shape index (κ1) is 14.5. The standard InChI is InChI=1S/C17H17FN4S/c18-12-3-1-2-11(8-12)14-9-23-16-15(14)20-10-21-17(16)22-13-4-6-19-7-5-13/h1-3,8-10,13,19H,4-7H2,(H,20,21,22). The van der Waals surface area contributed by atoms with E-state index in [9.17, 15) is 4.39 Å². The number of hydrogen-bond acceptors (Lipinski definition) is 5. The molecule has 118 valence electrons. The van der Waals surface area contributed by atoms with Gasteiger partial charge in [-0.1, -0.05) is 12.1 Å². The van der Waals surface area contributed by atoms with Crippen LogP contribution in [0, 0.1) is 5.82 Å². The summed E-state index contributed by atoms with van der Waals surface area (Å²) in [5.41, 5.74) is 2.69. The zero-order valence-electron chi connectivity index (χ0n) is 12.6. The van der Waals surface area contributed by atoms with Gasteiger partial charge in [-0.2, -0.15) is 0 Å². The molecular weight excluding hydrogens is 311 g/mol. The lowest BCUT2D eigenvalue weighted by molar-refractivity contribution is 0.478. The molecule has 0 spiro atoms.